The Hall–Kier alpha value is -6.78. The third-order valence-electron chi connectivity index (χ3n) is 12.9. The molecule has 3 fully saturated rings. The number of imide groups is 2. The van der Waals surface area contributed by atoms with Crippen molar-refractivity contribution in [1.29, 1.82) is 0 Å². The van der Waals surface area contributed by atoms with Gasteiger partial charge < -0.3 is 14.7 Å². The number of azo groups is 1. The molecule has 1 aromatic heterocycles. The highest BCUT2D eigenvalue weighted by atomic mass is 35.5. The van der Waals surface area contributed by atoms with E-state index in [0.29, 0.717) is 51.0 Å². The van der Waals surface area contributed by atoms with Crippen LogP contribution in [0.3, 0.4) is 0 Å². The fraction of sp³-hybridized carbons (Fsp3) is 0.271. The molecule has 2 N–H and O–H groups in total. The number of hydrogen-bond acceptors (Lipinski definition) is 11. The van der Waals surface area contributed by atoms with Crippen molar-refractivity contribution >= 4 is 75.4 Å². The van der Waals surface area contributed by atoms with E-state index in [-0.39, 0.29) is 36.8 Å². The van der Waals surface area contributed by atoms with Crippen molar-refractivity contribution in [2.75, 3.05) is 35.9 Å². The highest BCUT2D eigenvalue weighted by molar-refractivity contribution is 6.33. The predicted molar refractivity (Wildman–Crippen MR) is 240 cm³/mol. The number of allylic oxidation sites excluding steroid dienone is 2. The minimum atomic E-state index is -4.77. The molecule has 2 aliphatic carbocycles. The average Bonchev–Trinajstić information content (AvgIpc) is 3.67. The van der Waals surface area contributed by atoms with Crippen molar-refractivity contribution in [3.8, 4) is 11.5 Å². The zero-order valence-corrected chi connectivity index (χ0v) is 37.0. The maximum absolute atomic E-state index is 15.5. The second-order valence-corrected chi connectivity index (χ2v) is 17.6. The second kappa shape index (κ2) is 16.9. The molecule has 13 nitrogen and oxygen atoms in total. The van der Waals surface area contributed by atoms with Gasteiger partial charge in [-0.3, -0.25) is 29.5 Å². The lowest BCUT2D eigenvalue weighted by Gasteiger charge is -2.50. The fourth-order valence-corrected chi connectivity index (χ4v) is 10.3. The van der Waals surface area contributed by atoms with Crippen molar-refractivity contribution < 1.29 is 42.2 Å². The van der Waals surface area contributed by atoms with Crippen molar-refractivity contribution in [3.63, 3.8) is 0 Å². The molecule has 3 heterocycles. The van der Waals surface area contributed by atoms with Crippen molar-refractivity contribution in [1.82, 2.24) is 9.99 Å². The summed E-state index contributed by atoms with van der Waals surface area (Å²) in [6, 6.07) is 25.7. The summed E-state index contributed by atoms with van der Waals surface area (Å²) in [5.74, 6) is -7.71. The van der Waals surface area contributed by atoms with Gasteiger partial charge in [0.25, 0.3) is 11.8 Å². The number of anilines is 3. The summed E-state index contributed by atoms with van der Waals surface area (Å²) >= 11 is 12.7. The number of amides is 4. The van der Waals surface area contributed by atoms with Gasteiger partial charge in [-0.05, 0) is 116 Å². The highest BCUT2D eigenvalue weighted by Gasteiger charge is 2.70. The Labute approximate surface area is 386 Å². The molecule has 2 aliphatic heterocycles. The number of ether oxygens (including phenoxy) is 1. The van der Waals surface area contributed by atoms with Crippen LogP contribution in [0, 0.1) is 23.7 Å². The van der Waals surface area contributed by atoms with E-state index in [4.69, 9.17) is 27.9 Å². The smallest absolute Gasteiger partial charge is 0.417 e. The van der Waals surface area contributed by atoms with Gasteiger partial charge in [-0.2, -0.15) is 28.4 Å². The van der Waals surface area contributed by atoms with Crippen LogP contribution in [0.5, 0.6) is 11.5 Å². The number of rotatable bonds is 10. The molecule has 9 rings (SSSR count). The van der Waals surface area contributed by atoms with Gasteiger partial charge >= 0.3 is 6.18 Å². The van der Waals surface area contributed by atoms with E-state index >= 15 is 9.59 Å². The summed E-state index contributed by atoms with van der Waals surface area (Å²) in [7, 11) is 3.87. The van der Waals surface area contributed by atoms with Crippen LogP contribution in [0.1, 0.15) is 42.4 Å². The summed E-state index contributed by atoms with van der Waals surface area (Å²) < 4.78 is 46.6. The van der Waals surface area contributed by atoms with E-state index < -0.39 is 75.4 Å². The van der Waals surface area contributed by atoms with Gasteiger partial charge in [-0.25, -0.2) is 4.98 Å². The number of carbonyl (C=O) groups is 4. The van der Waals surface area contributed by atoms with Gasteiger partial charge in [-0.1, -0.05) is 53.1 Å². The molecule has 4 amide bonds. The number of hydrazine groups is 1. The lowest BCUT2D eigenvalue weighted by molar-refractivity contribution is -0.139. The van der Waals surface area contributed by atoms with E-state index in [1.807, 2.05) is 49.3 Å². The van der Waals surface area contributed by atoms with Crippen molar-refractivity contribution in [3.05, 3.63) is 142 Å². The monoisotopic (exact) mass is 937 g/mol. The van der Waals surface area contributed by atoms with Crippen molar-refractivity contribution in [2.45, 2.75) is 37.3 Å². The minimum absolute atomic E-state index is 0.0822. The quantitative estimate of drug-likeness (QED) is 0.0790. The molecule has 4 aromatic carbocycles. The number of halogens is 5. The minimum Gasteiger partial charge on any atom is -0.504 e. The molecule has 0 bridgehead atoms. The van der Waals surface area contributed by atoms with Crippen LogP contribution in [0.4, 0.5) is 41.7 Å². The molecular formula is C48H40Cl2F3N7O6. The largest absolute Gasteiger partial charge is 0.504 e. The Bertz CT molecular complexity index is 2840. The van der Waals surface area contributed by atoms with Crippen LogP contribution in [0.15, 0.2) is 125 Å². The van der Waals surface area contributed by atoms with E-state index in [9.17, 15) is 27.9 Å². The van der Waals surface area contributed by atoms with Gasteiger partial charge in [0, 0.05) is 36.9 Å². The molecule has 0 radical (unpaired) electrons. The first-order chi connectivity index (χ1) is 31.5. The highest BCUT2D eigenvalue weighted by Crippen LogP contribution is 2.64. The van der Waals surface area contributed by atoms with Gasteiger partial charge in [0.15, 0.2) is 17.3 Å². The number of nitrogens with zero attached hydrogens (tertiary/aromatic N) is 6. The Kier molecular flexibility index (Phi) is 11.4. The van der Waals surface area contributed by atoms with Crippen LogP contribution >= 0.6 is 23.2 Å². The normalized spacial score (nSPS) is 23.8. The second-order valence-electron chi connectivity index (χ2n) is 16.7. The molecule has 6 atom stereocenters. The first kappa shape index (κ1) is 44.4. The van der Waals surface area contributed by atoms with E-state index in [2.05, 4.69) is 20.6 Å². The van der Waals surface area contributed by atoms with E-state index in [1.54, 1.807) is 67.6 Å². The average molecular weight is 939 g/mol. The Morgan fingerprint density at radius 1 is 0.879 bits per heavy atom. The number of nitrogens with one attached hydrogen (secondary N) is 1. The first-order valence-corrected chi connectivity index (χ1v) is 21.7. The van der Waals surface area contributed by atoms with Gasteiger partial charge in [0.2, 0.25) is 11.8 Å². The lowest BCUT2D eigenvalue weighted by Crippen LogP contribution is -2.53. The first-order valence-electron chi connectivity index (χ1n) is 21.0. The number of carbonyl (C=O) groups excluding carboxylic acids is 4. The molecular weight excluding hydrogens is 898 g/mol. The summed E-state index contributed by atoms with van der Waals surface area (Å²) in [4.78, 5) is 66.8. The molecule has 5 aromatic rings. The Morgan fingerprint density at radius 3 is 2.17 bits per heavy atom. The third kappa shape index (κ3) is 7.41. The summed E-state index contributed by atoms with van der Waals surface area (Å²) in [6.07, 6.45) is -2.33. The van der Waals surface area contributed by atoms with Crippen LogP contribution in [0.2, 0.25) is 10.0 Å². The summed E-state index contributed by atoms with van der Waals surface area (Å²) in [6.45, 7) is 1.91. The van der Waals surface area contributed by atoms with E-state index in [0.717, 1.165) is 15.6 Å². The maximum Gasteiger partial charge on any atom is 0.417 e. The van der Waals surface area contributed by atoms with Crippen LogP contribution < -0.4 is 20.0 Å². The van der Waals surface area contributed by atoms with Crippen LogP contribution in [-0.2, 0) is 30.8 Å². The Morgan fingerprint density at radius 2 is 1.55 bits per heavy atom. The third-order valence-corrected chi connectivity index (χ3v) is 13.5. The zero-order valence-electron chi connectivity index (χ0n) is 35.5. The van der Waals surface area contributed by atoms with Gasteiger partial charge in [0.05, 0.1) is 57.4 Å². The summed E-state index contributed by atoms with van der Waals surface area (Å²) in [5.41, 5.74) is 3.59. The molecule has 0 spiro atoms. The number of alkyl halides is 3. The number of benzene rings is 4. The molecule has 18 heteroatoms. The predicted octanol–water partition coefficient (Wildman–Crippen LogP) is 10.2. The standard InChI is InChI=1S/C48H40Cl2F3N7O6/c1-4-66-39-21-25(5-20-38(39)61)41-33-18-19-34-40(45(64)59(43(34)62)32-16-12-30(13-17-32)56-55-29-10-14-31(15-11-29)58(2)3)35(33)23-36-44(63)60(46(65)47(36,41)26-6-8-28(49)9-7-26)57-42-37(50)22-27(24-54-42)48(51,52)53/h5-18,20-22,24,34-36,40-41,61H,4,19,23H2,1-3H3,(H,54,57). The molecule has 1 saturated carbocycles. The zero-order chi connectivity index (χ0) is 46.8. The number of aromatic nitrogens is 1. The van der Waals surface area contributed by atoms with Gasteiger partial charge in [-0.15, -0.1) is 0 Å². The maximum atomic E-state index is 15.5. The number of phenolic OH excluding ortho intramolecular Hbond substituents is 1. The topological polar surface area (TPSA) is 157 Å². The summed E-state index contributed by atoms with van der Waals surface area (Å²) in [5, 5.41) is 20.1. The number of fused-ring (bicyclic) bond motifs is 4. The number of aromatic hydroxyl groups is 1. The molecule has 4 aliphatic rings. The molecule has 6 unspecified atom stereocenters. The number of phenols is 1. The fourth-order valence-electron chi connectivity index (χ4n) is 9.99. The Balaban J connectivity index is 1.12. The number of pyridine rings is 1. The van der Waals surface area contributed by atoms with Crippen LogP contribution in [-0.4, -0.2) is 59.4 Å². The SMILES string of the molecule is CCOc1cc(C2C3=CCC4C(=O)N(c5ccc(N=Nc6ccc(N(C)C)cc6)cc5)C(=O)C4C3CC3C(=O)N(Nc4ncc(C(F)(F)F)cc4Cl)C(=O)C32c2ccc(Cl)cc2)ccc1O. The van der Waals surface area contributed by atoms with E-state index in [1.165, 1.54) is 6.07 Å². The molecule has 338 valence electrons. The van der Waals surface area contributed by atoms with Crippen molar-refractivity contribution in [2.24, 2.45) is 33.9 Å². The van der Waals surface area contributed by atoms with Crippen LogP contribution in [0.25, 0.3) is 0 Å². The lowest BCUT2D eigenvalue weighted by atomic mass is 9.49. The molecule has 66 heavy (non-hydrogen) atoms. The molecule has 2 saturated heterocycles. The number of hydrogen-bond donors (Lipinski definition) is 2. The van der Waals surface area contributed by atoms with Gasteiger partial charge in [0.1, 0.15) is 0 Å².